The van der Waals surface area contributed by atoms with Gasteiger partial charge in [-0.3, -0.25) is 0 Å². The van der Waals surface area contributed by atoms with Crippen molar-refractivity contribution in [3.8, 4) is 5.75 Å². The Bertz CT molecular complexity index is 414. The zero-order valence-electron chi connectivity index (χ0n) is 12.1. The molecule has 2 nitrogen and oxygen atoms in total. The zero-order valence-corrected chi connectivity index (χ0v) is 12.1. The molecule has 1 aromatic carbocycles. The quantitative estimate of drug-likeness (QED) is 0.876. The summed E-state index contributed by atoms with van der Waals surface area (Å²) < 4.78 is 5.22. The van der Waals surface area contributed by atoms with Crippen LogP contribution in [0.15, 0.2) is 24.3 Å². The molecule has 19 heavy (non-hydrogen) atoms. The molecule has 0 amide bonds. The molecule has 0 saturated heterocycles. The number of ether oxygens (including phenoxy) is 1. The second-order valence-electron chi connectivity index (χ2n) is 6.29. The molecule has 2 aliphatic carbocycles. The molecule has 1 aromatic rings. The standard InChI is InChI=1S/C17H25NO/c1-18-17(16-10-13-3-6-14(16)9-13)11-12-4-7-15(19-2)8-5-12/h4-5,7-8,13-14,16-18H,3,6,9-11H2,1-2H3. The maximum Gasteiger partial charge on any atom is 0.118 e. The van der Waals surface area contributed by atoms with Gasteiger partial charge in [0.1, 0.15) is 5.75 Å². The first kappa shape index (κ1) is 13.0. The number of nitrogens with one attached hydrogen (secondary N) is 1. The highest BCUT2D eigenvalue weighted by atomic mass is 16.5. The van der Waals surface area contributed by atoms with E-state index < -0.39 is 0 Å². The van der Waals surface area contributed by atoms with E-state index in [9.17, 15) is 0 Å². The van der Waals surface area contributed by atoms with Crippen LogP contribution in [0.1, 0.15) is 31.2 Å². The Hall–Kier alpha value is -1.02. The van der Waals surface area contributed by atoms with Gasteiger partial charge in [0.15, 0.2) is 0 Å². The summed E-state index contributed by atoms with van der Waals surface area (Å²) in [5.74, 6) is 3.86. The number of hydrogen-bond acceptors (Lipinski definition) is 2. The summed E-state index contributed by atoms with van der Waals surface area (Å²) in [7, 11) is 3.85. The number of fused-ring (bicyclic) bond motifs is 2. The van der Waals surface area contributed by atoms with E-state index in [1.54, 1.807) is 7.11 Å². The summed E-state index contributed by atoms with van der Waals surface area (Å²) in [6.45, 7) is 0. The van der Waals surface area contributed by atoms with Crippen LogP contribution in [0.25, 0.3) is 0 Å². The van der Waals surface area contributed by atoms with E-state index >= 15 is 0 Å². The van der Waals surface area contributed by atoms with Crippen molar-refractivity contribution < 1.29 is 4.74 Å². The number of hydrogen-bond donors (Lipinski definition) is 1. The van der Waals surface area contributed by atoms with Crippen LogP contribution in [-0.4, -0.2) is 20.2 Å². The summed E-state index contributed by atoms with van der Waals surface area (Å²) in [6.07, 6.45) is 7.04. The maximum absolute atomic E-state index is 5.22. The summed E-state index contributed by atoms with van der Waals surface area (Å²) in [4.78, 5) is 0. The van der Waals surface area contributed by atoms with Crippen molar-refractivity contribution in [1.29, 1.82) is 0 Å². The molecule has 104 valence electrons. The van der Waals surface area contributed by atoms with Crippen LogP contribution in [0, 0.1) is 17.8 Å². The first-order chi connectivity index (χ1) is 9.30. The first-order valence-electron chi connectivity index (χ1n) is 7.60. The lowest BCUT2D eigenvalue weighted by atomic mass is 9.81. The van der Waals surface area contributed by atoms with E-state index in [1.165, 1.54) is 31.2 Å². The molecule has 4 atom stereocenters. The summed E-state index contributed by atoms with van der Waals surface area (Å²) in [5, 5.41) is 3.57. The Kier molecular flexibility index (Phi) is 3.79. The zero-order chi connectivity index (χ0) is 13.2. The molecule has 0 heterocycles. The Morgan fingerprint density at radius 2 is 2.00 bits per heavy atom. The average molecular weight is 259 g/mol. The third-order valence-electron chi connectivity index (χ3n) is 5.30. The molecule has 0 aliphatic heterocycles. The minimum absolute atomic E-state index is 0.642. The molecule has 0 aromatic heterocycles. The van der Waals surface area contributed by atoms with E-state index in [1.807, 2.05) is 0 Å². The topological polar surface area (TPSA) is 21.3 Å². The summed E-state index contributed by atoms with van der Waals surface area (Å²) >= 11 is 0. The molecule has 4 unspecified atom stereocenters. The number of rotatable bonds is 5. The average Bonchev–Trinajstić information content (AvgIpc) is 3.08. The molecule has 2 fully saturated rings. The molecular weight excluding hydrogens is 234 g/mol. The second kappa shape index (κ2) is 5.54. The molecule has 2 heteroatoms. The molecule has 1 N–H and O–H groups in total. The Labute approximate surface area is 116 Å². The lowest BCUT2D eigenvalue weighted by Gasteiger charge is -2.30. The van der Waals surface area contributed by atoms with Gasteiger partial charge in [0, 0.05) is 6.04 Å². The lowest BCUT2D eigenvalue weighted by Crippen LogP contribution is -2.38. The molecule has 2 bridgehead atoms. The molecule has 2 saturated carbocycles. The summed E-state index contributed by atoms with van der Waals surface area (Å²) in [5.41, 5.74) is 1.42. The van der Waals surface area contributed by atoms with Gasteiger partial charge >= 0.3 is 0 Å². The van der Waals surface area contributed by atoms with E-state index in [-0.39, 0.29) is 0 Å². The largest absolute Gasteiger partial charge is 0.497 e. The fourth-order valence-electron chi connectivity index (χ4n) is 4.27. The third-order valence-corrected chi connectivity index (χ3v) is 5.30. The first-order valence-corrected chi connectivity index (χ1v) is 7.60. The van der Waals surface area contributed by atoms with Gasteiger partial charge in [-0.2, -0.15) is 0 Å². The predicted octanol–water partition coefficient (Wildman–Crippen LogP) is 3.26. The van der Waals surface area contributed by atoms with Crippen molar-refractivity contribution in [2.45, 2.75) is 38.1 Å². The van der Waals surface area contributed by atoms with Gasteiger partial charge in [0.05, 0.1) is 7.11 Å². The SMILES string of the molecule is CNC(Cc1ccc(OC)cc1)C1CC2CCC1C2. The van der Waals surface area contributed by atoms with Crippen LogP contribution >= 0.6 is 0 Å². The summed E-state index contributed by atoms with van der Waals surface area (Å²) in [6, 6.07) is 9.20. The Balaban J connectivity index is 1.65. The normalized spacial score (nSPS) is 30.5. The van der Waals surface area contributed by atoms with Crippen LogP contribution in [0.4, 0.5) is 0 Å². The molecular formula is C17H25NO. The van der Waals surface area contributed by atoms with E-state index in [0.717, 1.165) is 29.9 Å². The van der Waals surface area contributed by atoms with Gasteiger partial charge in [-0.05, 0) is 68.2 Å². The molecule has 2 aliphatic rings. The van der Waals surface area contributed by atoms with Gasteiger partial charge in [0.2, 0.25) is 0 Å². The van der Waals surface area contributed by atoms with Gasteiger partial charge < -0.3 is 10.1 Å². The van der Waals surface area contributed by atoms with Crippen molar-refractivity contribution in [1.82, 2.24) is 5.32 Å². The molecule has 0 radical (unpaired) electrons. The highest BCUT2D eigenvalue weighted by molar-refractivity contribution is 5.27. The van der Waals surface area contributed by atoms with Crippen LogP contribution in [0.3, 0.4) is 0 Å². The Morgan fingerprint density at radius 1 is 1.21 bits per heavy atom. The second-order valence-corrected chi connectivity index (χ2v) is 6.29. The van der Waals surface area contributed by atoms with Crippen LogP contribution in [0.2, 0.25) is 0 Å². The smallest absolute Gasteiger partial charge is 0.118 e. The van der Waals surface area contributed by atoms with Crippen molar-refractivity contribution in [3.63, 3.8) is 0 Å². The fraction of sp³-hybridized carbons (Fsp3) is 0.647. The highest BCUT2D eigenvalue weighted by Gasteiger charge is 2.42. The Morgan fingerprint density at radius 3 is 2.53 bits per heavy atom. The number of benzene rings is 1. The number of likely N-dealkylation sites (N-methyl/N-ethyl adjacent to an activating group) is 1. The van der Waals surface area contributed by atoms with Crippen LogP contribution < -0.4 is 10.1 Å². The van der Waals surface area contributed by atoms with Gasteiger partial charge in [-0.1, -0.05) is 18.6 Å². The highest BCUT2D eigenvalue weighted by Crippen LogP contribution is 2.49. The van der Waals surface area contributed by atoms with Gasteiger partial charge in [0.25, 0.3) is 0 Å². The molecule has 0 spiro atoms. The van der Waals surface area contributed by atoms with Crippen molar-refractivity contribution in [2.24, 2.45) is 17.8 Å². The van der Waals surface area contributed by atoms with E-state index in [0.29, 0.717) is 6.04 Å². The number of methoxy groups -OCH3 is 1. The van der Waals surface area contributed by atoms with E-state index in [4.69, 9.17) is 4.74 Å². The van der Waals surface area contributed by atoms with Crippen molar-refractivity contribution in [3.05, 3.63) is 29.8 Å². The fourth-order valence-corrected chi connectivity index (χ4v) is 4.27. The monoisotopic (exact) mass is 259 g/mol. The van der Waals surface area contributed by atoms with Crippen LogP contribution in [0.5, 0.6) is 5.75 Å². The third kappa shape index (κ3) is 2.64. The predicted molar refractivity (Wildman–Crippen MR) is 78.5 cm³/mol. The van der Waals surface area contributed by atoms with Gasteiger partial charge in [-0.15, -0.1) is 0 Å². The van der Waals surface area contributed by atoms with Crippen molar-refractivity contribution in [2.75, 3.05) is 14.2 Å². The van der Waals surface area contributed by atoms with Gasteiger partial charge in [-0.25, -0.2) is 0 Å². The lowest BCUT2D eigenvalue weighted by molar-refractivity contribution is 0.255. The van der Waals surface area contributed by atoms with E-state index in [2.05, 4.69) is 36.6 Å². The maximum atomic E-state index is 5.22. The van der Waals surface area contributed by atoms with Crippen LogP contribution in [-0.2, 0) is 6.42 Å². The van der Waals surface area contributed by atoms with Crippen molar-refractivity contribution >= 4 is 0 Å². The minimum Gasteiger partial charge on any atom is -0.497 e. The molecule has 3 rings (SSSR count). The minimum atomic E-state index is 0.642.